The average molecular weight is 354 g/mol. The van der Waals surface area contributed by atoms with Crippen molar-refractivity contribution in [3.8, 4) is 0 Å². The van der Waals surface area contributed by atoms with Crippen molar-refractivity contribution in [1.29, 1.82) is 0 Å². The van der Waals surface area contributed by atoms with Gasteiger partial charge in [0.15, 0.2) is 0 Å². The van der Waals surface area contributed by atoms with E-state index in [-0.39, 0.29) is 24.3 Å². The number of amides is 1. The van der Waals surface area contributed by atoms with Crippen molar-refractivity contribution in [2.45, 2.75) is 5.92 Å². The van der Waals surface area contributed by atoms with Crippen LogP contribution in [0.25, 0.3) is 10.9 Å². The number of imidazole rings is 1. The Labute approximate surface area is 147 Å². The third-order valence-electron chi connectivity index (χ3n) is 4.68. The zero-order valence-electron chi connectivity index (χ0n) is 13.6. The van der Waals surface area contributed by atoms with Crippen LogP contribution >= 0.6 is 0 Å². The van der Waals surface area contributed by atoms with E-state index in [1.165, 1.54) is 17.0 Å². The lowest BCUT2D eigenvalue weighted by molar-refractivity contribution is -0.141. The first-order valence-electron chi connectivity index (χ1n) is 8.11. The molecule has 1 aliphatic heterocycles. The molecule has 3 aromatic rings. The highest BCUT2D eigenvalue weighted by Gasteiger charge is 2.42. The summed E-state index contributed by atoms with van der Waals surface area (Å²) in [6.45, 7) is 0.261. The van der Waals surface area contributed by atoms with E-state index in [1.54, 1.807) is 30.6 Å². The third kappa shape index (κ3) is 2.69. The molecule has 1 amide bonds. The maximum Gasteiger partial charge on any atom is 0.309 e. The Morgan fingerprint density at radius 3 is 2.81 bits per heavy atom. The quantitative estimate of drug-likeness (QED) is 0.750. The first kappa shape index (κ1) is 16.2. The van der Waals surface area contributed by atoms with Gasteiger partial charge in [-0.3, -0.25) is 9.59 Å². The van der Waals surface area contributed by atoms with E-state index >= 15 is 0 Å². The maximum absolute atomic E-state index is 13.9. The van der Waals surface area contributed by atoms with Gasteiger partial charge in [0.2, 0.25) is 0 Å². The highest BCUT2D eigenvalue weighted by Crippen LogP contribution is 2.32. The highest BCUT2D eigenvalue weighted by molar-refractivity contribution is 5.95. The largest absolute Gasteiger partial charge is 0.481 e. The van der Waals surface area contributed by atoms with Crippen molar-refractivity contribution in [2.75, 3.05) is 13.1 Å². The Hall–Kier alpha value is -3.29. The summed E-state index contributed by atoms with van der Waals surface area (Å²) in [7, 11) is 0. The molecule has 1 aromatic carbocycles. The van der Waals surface area contributed by atoms with Crippen LogP contribution in [-0.4, -0.2) is 49.9 Å². The SMILES string of the molecule is O=C(O)[C@@H]1CN(C(=O)c2ccc3cccc(F)c3n2)C[C@H]1c1ncc[nH]1. The van der Waals surface area contributed by atoms with Crippen LogP contribution in [-0.2, 0) is 4.79 Å². The molecule has 2 atom stereocenters. The van der Waals surface area contributed by atoms with Crippen LogP contribution in [0.1, 0.15) is 22.2 Å². The normalized spacial score (nSPS) is 19.8. The van der Waals surface area contributed by atoms with Crippen molar-refractivity contribution in [2.24, 2.45) is 5.92 Å². The third-order valence-corrected chi connectivity index (χ3v) is 4.68. The molecule has 0 bridgehead atoms. The second-order valence-corrected chi connectivity index (χ2v) is 6.24. The molecule has 8 heteroatoms. The Bertz CT molecular complexity index is 989. The number of H-pyrrole nitrogens is 1. The Morgan fingerprint density at radius 2 is 2.08 bits per heavy atom. The van der Waals surface area contributed by atoms with E-state index in [0.717, 1.165) is 0 Å². The van der Waals surface area contributed by atoms with Gasteiger partial charge in [0.25, 0.3) is 5.91 Å². The smallest absolute Gasteiger partial charge is 0.309 e. The number of halogens is 1. The number of para-hydroxylation sites is 1. The fourth-order valence-electron chi connectivity index (χ4n) is 3.37. The second-order valence-electron chi connectivity index (χ2n) is 6.24. The summed E-state index contributed by atoms with van der Waals surface area (Å²) >= 11 is 0. The first-order chi connectivity index (χ1) is 12.5. The van der Waals surface area contributed by atoms with Gasteiger partial charge < -0.3 is 15.0 Å². The van der Waals surface area contributed by atoms with Crippen molar-refractivity contribution >= 4 is 22.8 Å². The minimum absolute atomic E-state index is 0.0521. The number of fused-ring (bicyclic) bond motifs is 1. The molecule has 2 aromatic heterocycles. The lowest BCUT2D eigenvalue weighted by atomic mass is 9.96. The van der Waals surface area contributed by atoms with Crippen LogP contribution in [0.2, 0.25) is 0 Å². The molecule has 4 rings (SSSR count). The number of carbonyl (C=O) groups excluding carboxylic acids is 1. The molecule has 1 saturated heterocycles. The van der Waals surface area contributed by atoms with Crippen LogP contribution in [0.5, 0.6) is 0 Å². The Morgan fingerprint density at radius 1 is 1.23 bits per heavy atom. The van der Waals surface area contributed by atoms with Gasteiger partial charge in [0.1, 0.15) is 22.9 Å². The van der Waals surface area contributed by atoms with Crippen molar-refractivity contribution in [3.05, 3.63) is 60.1 Å². The number of hydrogen-bond donors (Lipinski definition) is 2. The number of nitrogens with zero attached hydrogens (tertiary/aromatic N) is 3. The van der Waals surface area contributed by atoms with E-state index < -0.39 is 29.5 Å². The molecular formula is C18H15FN4O3. The lowest BCUT2D eigenvalue weighted by Gasteiger charge is -2.15. The number of pyridine rings is 1. The summed E-state index contributed by atoms with van der Waals surface area (Å²) in [6.07, 6.45) is 3.17. The van der Waals surface area contributed by atoms with Crippen LogP contribution in [0.3, 0.4) is 0 Å². The maximum atomic E-state index is 13.9. The molecule has 1 fully saturated rings. The number of aromatic nitrogens is 3. The van der Waals surface area contributed by atoms with Gasteiger partial charge in [0, 0.05) is 36.8 Å². The lowest BCUT2D eigenvalue weighted by Crippen LogP contribution is -2.30. The van der Waals surface area contributed by atoms with Crippen LogP contribution in [0.4, 0.5) is 4.39 Å². The molecule has 7 nitrogen and oxygen atoms in total. The van der Waals surface area contributed by atoms with Gasteiger partial charge in [-0.2, -0.15) is 0 Å². The minimum Gasteiger partial charge on any atom is -0.481 e. The number of carboxylic acids is 1. The summed E-state index contributed by atoms with van der Waals surface area (Å²) < 4.78 is 13.9. The number of carboxylic acid groups (broad SMARTS) is 1. The highest BCUT2D eigenvalue weighted by atomic mass is 19.1. The van der Waals surface area contributed by atoms with Gasteiger partial charge in [-0.05, 0) is 12.1 Å². The topological polar surface area (TPSA) is 99.2 Å². The van der Waals surface area contributed by atoms with Crippen molar-refractivity contribution < 1.29 is 19.1 Å². The van der Waals surface area contributed by atoms with Gasteiger partial charge in [-0.15, -0.1) is 0 Å². The van der Waals surface area contributed by atoms with E-state index in [4.69, 9.17) is 0 Å². The zero-order chi connectivity index (χ0) is 18.3. The second kappa shape index (κ2) is 6.21. The number of aliphatic carboxylic acids is 1. The first-order valence-corrected chi connectivity index (χ1v) is 8.11. The number of benzene rings is 1. The molecule has 0 saturated carbocycles. The molecule has 0 unspecified atom stereocenters. The summed E-state index contributed by atoms with van der Waals surface area (Å²) in [5, 5.41) is 10.1. The summed E-state index contributed by atoms with van der Waals surface area (Å²) in [5.74, 6) is -2.57. The predicted octanol–water partition coefficient (Wildman–Crippen LogP) is 2.04. The molecule has 0 radical (unpaired) electrons. The Kier molecular flexibility index (Phi) is 3.87. The van der Waals surface area contributed by atoms with Crippen LogP contribution < -0.4 is 0 Å². The van der Waals surface area contributed by atoms with E-state index in [2.05, 4.69) is 15.0 Å². The minimum atomic E-state index is -0.987. The predicted molar refractivity (Wildman–Crippen MR) is 90.1 cm³/mol. The molecule has 2 N–H and O–H groups in total. The van der Waals surface area contributed by atoms with Gasteiger partial charge >= 0.3 is 5.97 Å². The van der Waals surface area contributed by atoms with E-state index in [9.17, 15) is 19.1 Å². The van der Waals surface area contributed by atoms with Gasteiger partial charge in [0.05, 0.1) is 5.92 Å². The molecule has 3 heterocycles. The average Bonchev–Trinajstić information content (AvgIpc) is 3.30. The number of hydrogen-bond acceptors (Lipinski definition) is 4. The van der Waals surface area contributed by atoms with Gasteiger partial charge in [-0.1, -0.05) is 18.2 Å². The summed E-state index contributed by atoms with van der Waals surface area (Å²) in [5.41, 5.74) is 0.210. The molecule has 0 aliphatic carbocycles. The fourth-order valence-corrected chi connectivity index (χ4v) is 3.37. The van der Waals surface area contributed by atoms with E-state index in [0.29, 0.717) is 11.2 Å². The molecule has 132 valence electrons. The number of rotatable bonds is 3. The van der Waals surface area contributed by atoms with Crippen LogP contribution in [0, 0.1) is 11.7 Å². The zero-order valence-corrected chi connectivity index (χ0v) is 13.6. The van der Waals surface area contributed by atoms with Crippen molar-refractivity contribution in [3.63, 3.8) is 0 Å². The summed E-state index contributed by atoms with van der Waals surface area (Å²) in [4.78, 5) is 37.0. The molecule has 26 heavy (non-hydrogen) atoms. The monoisotopic (exact) mass is 354 g/mol. The number of aromatic amines is 1. The van der Waals surface area contributed by atoms with Crippen molar-refractivity contribution in [1.82, 2.24) is 19.9 Å². The van der Waals surface area contributed by atoms with Crippen LogP contribution in [0.15, 0.2) is 42.7 Å². The summed E-state index contributed by atoms with van der Waals surface area (Å²) in [6, 6.07) is 7.73. The number of carbonyl (C=O) groups is 2. The number of likely N-dealkylation sites (tertiary alicyclic amines) is 1. The molecule has 1 aliphatic rings. The Balaban J connectivity index is 1.64. The number of nitrogens with one attached hydrogen (secondary N) is 1. The van der Waals surface area contributed by atoms with E-state index in [1.807, 2.05) is 0 Å². The molecular weight excluding hydrogens is 339 g/mol. The molecule has 0 spiro atoms. The fraction of sp³-hybridized carbons (Fsp3) is 0.222. The van der Waals surface area contributed by atoms with Gasteiger partial charge in [-0.25, -0.2) is 14.4 Å². The standard InChI is InChI=1S/C18H15FN4O3/c19-13-3-1-2-10-4-5-14(22-15(10)13)17(24)23-8-11(12(9-23)18(25)26)16-20-6-7-21-16/h1-7,11-12H,8-9H2,(H,20,21)(H,25,26)/t11-,12-/m1/s1.